The van der Waals surface area contributed by atoms with Gasteiger partial charge >= 0.3 is 11.8 Å². The molecule has 1 aliphatic rings. The molecule has 0 aliphatic carbocycles. The maximum absolute atomic E-state index is 12.5. The van der Waals surface area contributed by atoms with Crippen molar-refractivity contribution in [2.75, 3.05) is 23.3 Å². The zero-order valence-corrected chi connectivity index (χ0v) is 18.0. The summed E-state index contributed by atoms with van der Waals surface area (Å²) >= 11 is 1.49. The Balaban J connectivity index is 1.58. The monoisotopic (exact) mass is 429 g/mol. The number of aliphatic hydroxyl groups is 1. The lowest BCUT2D eigenvalue weighted by Gasteiger charge is -2.31. The first kappa shape index (κ1) is 22.0. The van der Waals surface area contributed by atoms with Gasteiger partial charge in [-0.2, -0.15) is 11.3 Å². The van der Waals surface area contributed by atoms with Crippen LogP contribution in [0.2, 0.25) is 0 Å². The van der Waals surface area contributed by atoms with Gasteiger partial charge < -0.3 is 20.6 Å². The number of benzene rings is 1. The number of amides is 3. The Morgan fingerprint density at radius 1 is 1.20 bits per heavy atom. The van der Waals surface area contributed by atoms with Gasteiger partial charge in [0, 0.05) is 30.4 Å². The molecule has 3 rings (SSSR count). The Morgan fingerprint density at radius 3 is 2.70 bits per heavy atom. The normalized spacial score (nSPS) is 14.2. The molecular formula is C22H27N3O4S. The van der Waals surface area contributed by atoms with Crippen LogP contribution >= 0.6 is 11.3 Å². The van der Waals surface area contributed by atoms with E-state index >= 15 is 0 Å². The molecule has 0 fully saturated rings. The molecule has 1 aliphatic heterocycles. The van der Waals surface area contributed by atoms with E-state index in [2.05, 4.69) is 10.6 Å². The van der Waals surface area contributed by atoms with Crippen LogP contribution in [-0.2, 0) is 20.8 Å². The second-order valence-corrected chi connectivity index (χ2v) is 8.44. The number of carbonyl (C=O) groups excluding carboxylic acids is 3. The van der Waals surface area contributed by atoms with Crippen molar-refractivity contribution in [1.82, 2.24) is 5.32 Å². The van der Waals surface area contributed by atoms with Crippen molar-refractivity contribution in [2.45, 2.75) is 39.2 Å². The van der Waals surface area contributed by atoms with Crippen LogP contribution in [0, 0.1) is 5.92 Å². The Labute approximate surface area is 180 Å². The molecule has 1 atom stereocenters. The highest BCUT2D eigenvalue weighted by atomic mass is 32.1. The third-order valence-corrected chi connectivity index (χ3v) is 5.76. The standard InChI is InChI=1S/C22H27N3O4S/c1-14(2)22(29)25-10-3-4-15-5-6-17(12-18(15)25)24-21(28)20(27)23-9-7-19(26)16-8-11-30-13-16/h5-6,8,11-14,19,26H,3-4,7,9-10H2,1-2H3,(H,23,27)(H,24,28)/t19-/m0/s1. The van der Waals surface area contributed by atoms with E-state index < -0.39 is 17.9 Å². The van der Waals surface area contributed by atoms with Crippen molar-refractivity contribution >= 4 is 40.4 Å². The lowest BCUT2D eigenvalue weighted by Crippen LogP contribution is -2.38. The summed E-state index contributed by atoms with van der Waals surface area (Å²) in [4.78, 5) is 38.6. The molecule has 1 aromatic heterocycles. The molecular weight excluding hydrogens is 402 g/mol. The number of nitrogens with one attached hydrogen (secondary N) is 2. The van der Waals surface area contributed by atoms with Crippen LogP contribution in [0.15, 0.2) is 35.0 Å². The predicted octanol–water partition coefficient (Wildman–Crippen LogP) is 2.86. The van der Waals surface area contributed by atoms with Crippen LogP contribution in [0.1, 0.15) is 43.9 Å². The van der Waals surface area contributed by atoms with Gasteiger partial charge in [-0.05, 0) is 59.3 Å². The van der Waals surface area contributed by atoms with Crippen LogP contribution in [0.25, 0.3) is 0 Å². The first-order chi connectivity index (χ1) is 14.4. The zero-order valence-electron chi connectivity index (χ0n) is 17.2. The minimum Gasteiger partial charge on any atom is -0.388 e. The highest BCUT2D eigenvalue weighted by Crippen LogP contribution is 2.31. The number of nitrogens with zero attached hydrogens (tertiary/aromatic N) is 1. The van der Waals surface area contributed by atoms with E-state index in [0.717, 1.165) is 29.7 Å². The molecule has 160 valence electrons. The van der Waals surface area contributed by atoms with Crippen LogP contribution in [0.4, 0.5) is 11.4 Å². The van der Waals surface area contributed by atoms with Crippen molar-refractivity contribution < 1.29 is 19.5 Å². The number of fused-ring (bicyclic) bond motifs is 1. The smallest absolute Gasteiger partial charge is 0.313 e. The van der Waals surface area contributed by atoms with Crippen molar-refractivity contribution in [3.05, 3.63) is 46.2 Å². The largest absolute Gasteiger partial charge is 0.388 e. The Kier molecular flexibility index (Phi) is 7.23. The van der Waals surface area contributed by atoms with Gasteiger partial charge in [0.05, 0.1) is 6.10 Å². The highest BCUT2D eigenvalue weighted by Gasteiger charge is 2.25. The molecule has 0 saturated heterocycles. The van der Waals surface area contributed by atoms with E-state index in [-0.39, 0.29) is 18.4 Å². The van der Waals surface area contributed by atoms with Crippen molar-refractivity contribution in [3.8, 4) is 0 Å². The van der Waals surface area contributed by atoms with Crippen LogP contribution in [0.3, 0.4) is 0 Å². The van der Waals surface area contributed by atoms with Crippen molar-refractivity contribution in [2.24, 2.45) is 5.92 Å². The molecule has 3 N–H and O–H groups in total. The third kappa shape index (κ3) is 5.25. The summed E-state index contributed by atoms with van der Waals surface area (Å²) in [5.41, 5.74) is 3.11. The Morgan fingerprint density at radius 2 is 2.00 bits per heavy atom. The maximum atomic E-state index is 12.5. The average Bonchev–Trinajstić information content (AvgIpc) is 3.27. The third-order valence-electron chi connectivity index (χ3n) is 5.06. The average molecular weight is 430 g/mol. The zero-order chi connectivity index (χ0) is 21.7. The first-order valence-corrected chi connectivity index (χ1v) is 11.0. The number of carbonyl (C=O) groups is 3. The molecule has 0 unspecified atom stereocenters. The number of hydrogen-bond acceptors (Lipinski definition) is 5. The molecule has 3 amide bonds. The van der Waals surface area contributed by atoms with Gasteiger partial charge in [-0.25, -0.2) is 0 Å². The molecule has 1 aromatic carbocycles. The van der Waals surface area contributed by atoms with Crippen molar-refractivity contribution in [3.63, 3.8) is 0 Å². The molecule has 30 heavy (non-hydrogen) atoms. The van der Waals surface area contributed by atoms with Crippen LogP contribution in [0.5, 0.6) is 0 Å². The van der Waals surface area contributed by atoms with E-state index in [9.17, 15) is 19.5 Å². The van der Waals surface area contributed by atoms with Crippen LogP contribution < -0.4 is 15.5 Å². The van der Waals surface area contributed by atoms with E-state index in [4.69, 9.17) is 0 Å². The van der Waals surface area contributed by atoms with Crippen LogP contribution in [-0.4, -0.2) is 35.9 Å². The Hall–Kier alpha value is -2.71. The van der Waals surface area contributed by atoms with Gasteiger partial charge in [0.2, 0.25) is 5.91 Å². The molecule has 0 saturated carbocycles. The van der Waals surface area contributed by atoms with Gasteiger partial charge in [0.1, 0.15) is 0 Å². The van der Waals surface area contributed by atoms with Gasteiger partial charge in [0.25, 0.3) is 0 Å². The molecule has 2 heterocycles. The van der Waals surface area contributed by atoms with E-state index in [1.165, 1.54) is 11.3 Å². The van der Waals surface area contributed by atoms with E-state index in [0.29, 0.717) is 18.7 Å². The van der Waals surface area contributed by atoms with Gasteiger partial charge in [-0.15, -0.1) is 0 Å². The quantitative estimate of drug-likeness (QED) is 0.615. The summed E-state index contributed by atoms with van der Waals surface area (Å²) in [7, 11) is 0. The lowest BCUT2D eigenvalue weighted by molar-refractivity contribution is -0.136. The molecule has 2 aromatic rings. The lowest BCUT2D eigenvalue weighted by atomic mass is 9.99. The molecule has 0 bridgehead atoms. The minimum absolute atomic E-state index is 0.0429. The minimum atomic E-state index is -0.780. The summed E-state index contributed by atoms with van der Waals surface area (Å²) in [6.07, 6.45) is 1.42. The maximum Gasteiger partial charge on any atom is 0.313 e. The molecule has 7 nitrogen and oxygen atoms in total. The second-order valence-electron chi connectivity index (χ2n) is 7.66. The summed E-state index contributed by atoms with van der Waals surface area (Å²) in [6, 6.07) is 7.21. The summed E-state index contributed by atoms with van der Waals surface area (Å²) in [6.45, 7) is 4.56. The number of anilines is 2. The summed E-state index contributed by atoms with van der Waals surface area (Å²) in [5.74, 6) is -1.62. The molecule has 0 spiro atoms. The number of thiophene rings is 1. The van der Waals surface area contributed by atoms with Gasteiger partial charge in [0.15, 0.2) is 0 Å². The van der Waals surface area contributed by atoms with Crippen molar-refractivity contribution in [1.29, 1.82) is 0 Å². The van der Waals surface area contributed by atoms with Gasteiger partial charge in [-0.3, -0.25) is 14.4 Å². The summed E-state index contributed by atoms with van der Waals surface area (Å²) < 4.78 is 0. The fourth-order valence-electron chi connectivity index (χ4n) is 3.41. The number of hydrogen-bond donors (Lipinski definition) is 3. The predicted molar refractivity (Wildman–Crippen MR) is 117 cm³/mol. The second kappa shape index (κ2) is 9.86. The highest BCUT2D eigenvalue weighted by molar-refractivity contribution is 7.07. The molecule has 0 radical (unpaired) electrons. The number of rotatable bonds is 6. The van der Waals surface area contributed by atoms with E-state index in [1.54, 1.807) is 17.0 Å². The number of aryl methyl sites for hydroxylation is 1. The fourth-order valence-corrected chi connectivity index (χ4v) is 4.12. The Bertz CT molecular complexity index is 911. The number of aliphatic hydroxyl groups excluding tert-OH is 1. The first-order valence-electron chi connectivity index (χ1n) is 10.1. The summed E-state index contributed by atoms with van der Waals surface area (Å²) in [5, 5.41) is 18.9. The molecule has 8 heteroatoms. The van der Waals surface area contributed by atoms with Gasteiger partial charge in [-0.1, -0.05) is 19.9 Å². The fraction of sp³-hybridized carbons (Fsp3) is 0.409. The van der Waals surface area contributed by atoms with E-state index in [1.807, 2.05) is 36.7 Å². The topological polar surface area (TPSA) is 98.7 Å². The SMILES string of the molecule is CC(C)C(=O)N1CCCc2ccc(NC(=O)C(=O)NCC[C@H](O)c3ccsc3)cc21.